The number of ketones is 1. The predicted molar refractivity (Wildman–Crippen MR) is 65.9 cm³/mol. The number of para-hydroxylation sites is 1. The Labute approximate surface area is 105 Å². The highest BCUT2D eigenvalue weighted by atomic mass is 35.5. The Morgan fingerprint density at radius 1 is 1.29 bits per heavy atom. The first-order valence-electron chi connectivity index (χ1n) is 5.92. The van der Waals surface area contributed by atoms with E-state index in [4.69, 9.17) is 16.3 Å². The number of fused-ring (bicyclic) bond motifs is 1. The summed E-state index contributed by atoms with van der Waals surface area (Å²) in [5.41, 5.74) is 0.294. The van der Waals surface area contributed by atoms with Crippen molar-refractivity contribution in [2.24, 2.45) is 0 Å². The van der Waals surface area contributed by atoms with Gasteiger partial charge in [-0.15, -0.1) is 0 Å². The van der Waals surface area contributed by atoms with E-state index in [2.05, 4.69) is 5.32 Å². The molecule has 0 aromatic heterocycles. The Balaban J connectivity index is 2.02. The van der Waals surface area contributed by atoms with Gasteiger partial charge >= 0.3 is 0 Å². The van der Waals surface area contributed by atoms with Gasteiger partial charge in [0.05, 0.1) is 17.0 Å². The predicted octanol–water partition coefficient (Wildman–Crippen LogP) is 2.43. The molecule has 1 spiro atoms. The Bertz CT molecular complexity index is 466. The van der Waals surface area contributed by atoms with E-state index in [0.717, 1.165) is 25.9 Å². The summed E-state index contributed by atoms with van der Waals surface area (Å²) < 4.78 is 6.07. The first-order chi connectivity index (χ1) is 8.20. The van der Waals surface area contributed by atoms with Crippen LogP contribution in [0.25, 0.3) is 0 Å². The number of rotatable bonds is 0. The van der Waals surface area contributed by atoms with Gasteiger partial charge in [-0.3, -0.25) is 4.79 Å². The number of carbonyl (C=O) groups is 1. The standard InChI is InChI=1S/C13H14ClNO2/c14-10-3-1-2-9-11(16)8-13(17-12(9)10)4-6-15-7-5-13/h1-3,15H,4-8H2. The van der Waals surface area contributed by atoms with Crippen LogP contribution in [0.4, 0.5) is 0 Å². The lowest BCUT2D eigenvalue weighted by atomic mass is 9.83. The first kappa shape index (κ1) is 11.1. The van der Waals surface area contributed by atoms with Gasteiger partial charge in [-0.25, -0.2) is 0 Å². The van der Waals surface area contributed by atoms with Crippen molar-refractivity contribution in [3.8, 4) is 5.75 Å². The van der Waals surface area contributed by atoms with Crippen LogP contribution in [0, 0.1) is 0 Å². The van der Waals surface area contributed by atoms with Crippen molar-refractivity contribution in [3.05, 3.63) is 28.8 Å². The van der Waals surface area contributed by atoms with Crippen molar-refractivity contribution in [1.82, 2.24) is 5.32 Å². The number of piperidine rings is 1. The molecule has 0 aliphatic carbocycles. The Morgan fingerprint density at radius 2 is 2.06 bits per heavy atom. The van der Waals surface area contributed by atoms with Gasteiger partial charge in [-0.1, -0.05) is 17.7 Å². The summed E-state index contributed by atoms with van der Waals surface area (Å²) in [6, 6.07) is 5.36. The molecule has 0 unspecified atom stereocenters. The smallest absolute Gasteiger partial charge is 0.170 e. The van der Waals surface area contributed by atoms with E-state index >= 15 is 0 Å². The lowest BCUT2D eigenvalue weighted by Gasteiger charge is -2.41. The number of benzene rings is 1. The number of Topliss-reactive ketones (excluding diaryl/α,β-unsaturated/α-hetero) is 1. The van der Waals surface area contributed by atoms with E-state index in [-0.39, 0.29) is 11.4 Å². The van der Waals surface area contributed by atoms with E-state index in [1.807, 2.05) is 0 Å². The first-order valence-corrected chi connectivity index (χ1v) is 6.29. The van der Waals surface area contributed by atoms with Crippen molar-refractivity contribution in [3.63, 3.8) is 0 Å². The van der Waals surface area contributed by atoms with Crippen LogP contribution in [0.15, 0.2) is 18.2 Å². The summed E-state index contributed by atoms with van der Waals surface area (Å²) in [5, 5.41) is 3.82. The zero-order valence-electron chi connectivity index (χ0n) is 9.46. The zero-order valence-corrected chi connectivity index (χ0v) is 10.2. The van der Waals surface area contributed by atoms with E-state index in [0.29, 0.717) is 22.8 Å². The molecule has 0 radical (unpaired) electrons. The molecule has 1 fully saturated rings. The summed E-state index contributed by atoms with van der Waals surface area (Å²) >= 11 is 6.12. The fourth-order valence-corrected chi connectivity index (χ4v) is 2.85. The van der Waals surface area contributed by atoms with Gasteiger partial charge in [0.15, 0.2) is 5.78 Å². The second-order valence-electron chi connectivity index (χ2n) is 4.75. The van der Waals surface area contributed by atoms with E-state index in [1.54, 1.807) is 18.2 Å². The van der Waals surface area contributed by atoms with Gasteiger partial charge in [0.1, 0.15) is 11.4 Å². The normalized spacial score (nSPS) is 22.1. The third-order valence-corrected chi connectivity index (χ3v) is 3.88. The number of halogens is 1. The van der Waals surface area contributed by atoms with Gasteiger partial charge in [0.25, 0.3) is 0 Å². The van der Waals surface area contributed by atoms with Gasteiger partial charge < -0.3 is 10.1 Å². The SMILES string of the molecule is O=C1CC2(CCNCC2)Oc2c(Cl)cccc21. The van der Waals surface area contributed by atoms with E-state index in [1.165, 1.54) is 0 Å². The Morgan fingerprint density at radius 3 is 2.82 bits per heavy atom. The molecule has 4 heteroatoms. The number of hydrogen-bond acceptors (Lipinski definition) is 3. The molecule has 1 aromatic rings. The summed E-state index contributed by atoms with van der Waals surface area (Å²) in [5.74, 6) is 0.725. The highest BCUT2D eigenvalue weighted by Gasteiger charge is 2.41. The Hall–Kier alpha value is -1.06. The molecule has 0 atom stereocenters. The topological polar surface area (TPSA) is 38.3 Å². The number of nitrogens with one attached hydrogen (secondary N) is 1. The lowest BCUT2D eigenvalue weighted by Crippen LogP contribution is -2.49. The molecule has 1 N–H and O–H groups in total. The van der Waals surface area contributed by atoms with Crippen LogP contribution in [-0.4, -0.2) is 24.5 Å². The number of hydrogen-bond donors (Lipinski definition) is 1. The highest BCUT2D eigenvalue weighted by Crippen LogP contribution is 2.41. The molecule has 1 saturated heterocycles. The second kappa shape index (κ2) is 4.00. The highest BCUT2D eigenvalue weighted by molar-refractivity contribution is 6.32. The monoisotopic (exact) mass is 251 g/mol. The molecule has 0 bridgehead atoms. The second-order valence-corrected chi connectivity index (χ2v) is 5.16. The number of carbonyl (C=O) groups excluding carboxylic acids is 1. The third-order valence-electron chi connectivity index (χ3n) is 3.58. The maximum absolute atomic E-state index is 12.2. The average molecular weight is 252 g/mol. The molecule has 2 aliphatic heterocycles. The Kier molecular flexibility index (Phi) is 2.60. The summed E-state index contributed by atoms with van der Waals surface area (Å²) in [4.78, 5) is 12.2. The van der Waals surface area contributed by atoms with Crippen LogP contribution in [-0.2, 0) is 0 Å². The quantitative estimate of drug-likeness (QED) is 0.770. The molecule has 17 heavy (non-hydrogen) atoms. The average Bonchev–Trinajstić information content (AvgIpc) is 2.32. The van der Waals surface area contributed by atoms with Crippen LogP contribution >= 0.6 is 11.6 Å². The fourth-order valence-electron chi connectivity index (χ4n) is 2.63. The van der Waals surface area contributed by atoms with Crippen LogP contribution < -0.4 is 10.1 Å². The van der Waals surface area contributed by atoms with Gasteiger partial charge in [0.2, 0.25) is 0 Å². The summed E-state index contributed by atoms with van der Waals surface area (Å²) in [7, 11) is 0. The largest absolute Gasteiger partial charge is 0.484 e. The van der Waals surface area contributed by atoms with Crippen molar-refractivity contribution < 1.29 is 9.53 Å². The van der Waals surface area contributed by atoms with Crippen LogP contribution in [0.2, 0.25) is 5.02 Å². The van der Waals surface area contributed by atoms with Crippen molar-refractivity contribution in [1.29, 1.82) is 0 Å². The molecule has 2 heterocycles. The van der Waals surface area contributed by atoms with Crippen molar-refractivity contribution in [2.45, 2.75) is 24.9 Å². The lowest BCUT2D eigenvalue weighted by molar-refractivity contribution is 0.0188. The minimum Gasteiger partial charge on any atom is -0.484 e. The van der Waals surface area contributed by atoms with E-state index < -0.39 is 0 Å². The van der Waals surface area contributed by atoms with Gasteiger partial charge in [-0.2, -0.15) is 0 Å². The minimum atomic E-state index is -0.333. The van der Waals surface area contributed by atoms with Gasteiger partial charge in [0, 0.05) is 12.8 Å². The molecular formula is C13H14ClNO2. The molecule has 1 aromatic carbocycles. The van der Waals surface area contributed by atoms with Crippen molar-refractivity contribution >= 4 is 17.4 Å². The molecule has 3 rings (SSSR count). The molecule has 0 amide bonds. The van der Waals surface area contributed by atoms with Crippen LogP contribution in [0.1, 0.15) is 29.6 Å². The number of ether oxygens (including phenoxy) is 1. The zero-order chi connectivity index (χ0) is 11.9. The van der Waals surface area contributed by atoms with Crippen LogP contribution in [0.3, 0.4) is 0 Å². The minimum absolute atomic E-state index is 0.149. The van der Waals surface area contributed by atoms with Gasteiger partial charge in [-0.05, 0) is 25.2 Å². The van der Waals surface area contributed by atoms with Crippen molar-refractivity contribution in [2.75, 3.05) is 13.1 Å². The summed E-state index contributed by atoms with van der Waals surface area (Å²) in [6.07, 6.45) is 2.20. The maximum Gasteiger partial charge on any atom is 0.170 e. The molecular weight excluding hydrogens is 238 g/mol. The molecule has 3 nitrogen and oxygen atoms in total. The van der Waals surface area contributed by atoms with Crippen LogP contribution in [0.5, 0.6) is 5.75 Å². The fraction of sp³-hybridized carbons (Fsp3) is 0.462. The summed E-state index contributed by atoms with van der Waals surface area (Å²) in [6.45, 7) is 1.79. The maximum atomic E-state index is 12.2. The third kappa shape index (κ3) is 1.83. The molecule has 0 saturated carbocycles. The van der Waals surface area contributed by atoms with E-state index in [9.17, 15) is 4.79 Å². The molecule has 90 valence electrons. The molecule has 2 aliphatic rings.